The molecule has 0 spiro atoms. The second-order valence-corrected chi connectivity index (χ2v) is 7.22. The number of nitro groups is 1. The van der Waals surface area contributed by atoms with Gasteiger partial charge >= 0.3 is 0 Å². The van der Waals surface area contributed by atoms with Crippen LogP contribution in [0.5, 0.6) is 0 Å². The molecule has 0 aliphatic heterocycles. The van der Waals surface area contributed by atoms with Crippen molar-refractivity contribution in [3.63, 3.8) is 0 Å². The molecule has 0 saturated carbocycles. The van der Waals surface area contributed by atoms with Crippen molar-refractivity contribution in [3.8, 4) is 0 Å². The van der Waals surface area contributed by atoms with Crippen LogP contribution in [0.2, 0.25) is 0 Å². The molecule has 140 valence electrons. The largest absolute Gasteiger partial charge is 0.341 e. The third-order valence-corrected chi connectivity index (χ3v) is 3.85. The molecule has 0 N–H and O–H groups in total. The highest BCUT2D eigenvalue weighted by molar-refractivity contribution is 5.81. The zero-order valence-corrected chi connectivity index (χ0v) is 15.5. The molecule has 8 heteroatoms. The van der Waals surface area contributed by atoms with Crippen molar-refractivity contribution in [2.24, 2.45) is 11.8 Å². The average molecular weight is 360 g/mol. The molecule has 0 aliphatic carbocycles. The average Bonchev–Trinajstić information content (AvgIpc) is 2.55. The highest BCUT2D eigenvalue weighted by Crippen LogP contribution is 2.16. The van der Waals surface area contributed by atoms with Crippen LogP contribution in [0.4, 0.5) is 5.69 Å². The van der Waals surface area contributed by atoms with Gasteiger partial charge in [-0.3, -0.25) is 24.3 Å². The summed E-state index contributed by atoms with van der Waals surface area (Å²) in [5.74, 6) is 0.458. The molecule has 26 heavy (non-hydrogen) atoms. The van der Waals surface area contributed by atoms with Crippen LogP contribution >= 0.6 is 0 Å². The lowest BCUT2D eigenvalue weighted by Gasteiger charge is -2.26. The summed E-state index contributed by atoms with van der Waals surface area (Å²) < 4.78 is 1.21. The quantitative estimate of drug-likeness (QED) is 0.558. The molecule has 1 aromatic carbocycles. The lowest BCUT2D eigenvalue weighted by Crippen LogP contribution is -2.40. The topological polar surface area (TPSA) is 98.3 Å². The summed E-state index contributed by atoms with van der Waals surface area (Å²) >= 11 is 0. The number of carbonyl (C=O) groups is 1. The van der Waals surface area contributed by atoms with Gasteiger partial charge < -0.3 is 4.90 Å². The van der Waals surface area contributed by atoms with E-state index in [2.05, 4.69) is 4.98 Å². The number of hydrogen-bond acceptors (Lipinski definition) is 5. The van der Waals surface area contributed by atoms with Gasteiger partial charge in [0.2, 0.25) is 5.91 Å². The Morgan fingerprint density at radius 3 is 2.38 bits per heavy atom. The Kier molecular flexibility index (Phi) is 6.07. The normalized spacial score (nSPS) is 11.3. The van der Waals surface area contributed by atoms with Gasteiger partial charge in [0.15, 0.2) is 0 Å². The predicted octanol–water partition coefficient (Wildman–Crippen LogP) is 2.45. The number of non-ortho nitro benzene ring substituents is 1. The molecule has 2 rings (SSSR count). The SMILES string of the molecule is CC(C)CN(CC(C)C)C(=O)Cn1cnc2ccc([N+](=O)[O-])cc2c1=O. The summed E-state index contributed by atoms with van der Waals surface area (Å²) in [6.07, 6.45) is 1.32. The van der Waals surface area contributed by atoms with Gasteiger partial charge in [-0.2, -0.15) is 0 Å². The summed E-state index contributed by atoms with van der Waals surface area (Å²) in [7, 11) is 0. The first-order chi connectivity index (χ1) is 12.2. The molecule has 8 nitrogen and oxygen atoms in total. The Balaban J connectivity index is 2.34. The molecule has 2 aromatic rings. The van der Waals surface area contributed by atoms with E-state index in [-0.39, 0.29) is 23.5 Å². The molecule has 1 amide bonds. The minimum Gasteiger partial charge on any atom is -0.341 e. The molecule has 0 unspecified atom stereocenters. The Morgan fingerprint density at radius 2 is 1.85 bits per heavy atom. The van der Waals surface area contributed by atoms with E-state index in [9.17, 15) is 19.7 Å². The fourth-order valence-corrected chi connectivity index (χ4v) is 2.78. The van der Waals surface area contributed by atoms with Crippen LogP contribution in [0.3, 0.4) is 0 Å². The van der Waals surface area contributed by atoms with Gasteiger partial charge in [-0.15, -0.1) is 0 Å². The van der Waals surface area contributed by atoms with Gasteiger partial charge in [-0.05, 0) is 17.9 Å². The zero-order valence-electron chi connectivity index (χ0n) is 15.5. The first-order valence-corrected chi connectivity index (χ1v) is 8.60. The summed E-state index contributed by atoms with van der Waals surface area (Å²) in [6, 6.07) is 3.94. The number of benzene rings is 1. The van der Waals surface area contributed by atoms with Gasteiger partial charge in [0.05, 0.1) is 22.2 Å². The van der Waals surface area contributed by atoms with Gasteiger partial charge in [0, 0.05) is 25.2 Å². The Morgan fingerprint density at radius 1 is 1.23 bits per heavy atom. The Labute approximate surface area is 151 Å². The number of nitro benzene ring substituents is 1. The standard InChI is InChI=1S/C18H24N4O4/c1-12(2)8-20(9-13(3)4)17(23)10-21-11-19-16-6-5-14(22(25)26)7-15(16)18(21)24/h5-7,11-13H,8-10H2,1-4H3. The summed E-state index contributed by atoms with van der Waals surface area (Å²) in [6.45, 7) is 9.21. The van der Waals surface area contributed by atoms with Crippen molar-refractivity contribution < 1.29 is 9.72 Å². The van der Waals surface area contributed by atoms with E-state index in [1.165, 1.54) is 29.1 Å². The summed E-state index contributed by atoms with van der Waals surface area (Å²) in [5.41, 5.74) is -0.270. The van der Waals surface area contributed by atoms with E-state index in [0.29, 0.717) is 30.4 Å². The second-order valence-electron chi connectivity index (χ2n) is 7.22. The van der Waals surface area contributed by atoms with Crippen molar-refractivity contribution in [3.05, 3.63) is 45.0 Å². The van der Waals surface area contributed by atoms with Gasteiger partial charge in [0.1, 0.15) is 6.54 Å². The van der Waals surface area contributed by atoms with Crippen molar-refractivity contribution in [1.29, 1.82) is 0 Å². The van der Waals surface area contributed by atoms with Crippen molar-refractivity contribution in [1.82, 2.24) is 14.5 Å². The lowest BCUT2D eigenvalue weighted by molar-refractivity contribution is -0.384. The zero-order chi connectivity index (χ0) is 19.4. The number of amides is 1. The van der Waals surface area contributed by atoms with Gasteiger partial charge in [-0.1, -0.05) is 27.7 Å². The fourth-order valence-electron chi connectivity index (χ4n) is 2.78. The third-order valence-electron chi connectivity index (χ3n) is 3.85. The van der Waals surface area contributed by atoms with Crippen LogP contribution in [0.1, 0.15) is 27.7 Å². The van der Waals surface area contributed by atoms with E-state index >= 15 is 0 Å². The number of nitrogens with zero attached hydrogens (tertiary/aromatic N) is 4. The molecule has 0 fully saturated rings. The van der Waals surface area contributed by atoms with Crippen molar-refractivity contribution in [2.75, 3.05) is 13.1 Å². The second kappa shape index (κ2) is 8.07. The first-order valence-electron chi connectivity index (χ1n) is 8.60. The number of rotatable bonds is 7. The predicted molar refractivity (Wildman–Crippen MR) is 98.9 cm³/mol. The molecular formula is C18H24N4O4. The maximum Gasteiger partial charge on any atom is 0.270 e. The van der Waals surface area contributed by atoms with Crippen LogP contribution in [0.15, 0.2) is 29.3 Å². The van der Waals surface area contributed by atoms with Crippen LogP contribution in [-0.4, -0.2) is 38.4 Å². The Bertz CT molecular complexity index is 863. The maximum atomic E-state index is 12.7. The fraction of sp³-hybridized carbons (Fsp3) is 0.500. The molecule has 0 atom stereocenters. The highest BCUT2D eigenvalue weighted by Gasteiger charge is 2.18. The monoisotopic (exact) mass is 360 g/mol. The molecule has 0 bridgehead atoms. The van der Waals surface area contributed by atoms with Crippen LogP contribution in [0, 0.1) is 22.0 Å². The van der Waals surface area contributed by atoms with E-state index in [4.69, 9.17) is 0 Å². The van der Waals surface area contributed by atoms with E-state index < -0.39 is 10.5 Å². The number of aromatic nitrogens is 2. The van der Waals surface area contributed by atoms with Crippen LogP contribution < -0.4 is 5.56 Å². The first kappa shape index (κ1) is 19.6. The van der Waals surface area contributed by atoms with Gasteiger partial charge in [0.25, 0.3) is 11.2 Å². The molecular weight excluding hydrogens is 336 g/mol. The Hall–Kier alpha value is -2.77. The highest BCUT2D eigenvalue weighted by atomic mass is 16.6. The number of hydrogen-bond donors (Lipinski definition) is 0. The van der Waals surface area contributed by atoms with E-state index in [1.54, 1.807) is 4.90 Å². The number of fused-ring (bicyclic) bond motifs is 1. The minimum absolute atomic E-state index is 0.133. The molecule has 1 aromatic heterocycles. The van der Waals surface area contributed by atoms with Crippen LogP contribution in [0.25, 0.3) is 10.9 Å². The number of carbonyl (C=O) groups excluding carboxylic acids is 1. The molecule has 0 aliphatic rings. The molecule has 1 heterocycles. The molecule has 0 radical (unpaired) electrons. The minimum atomic E-state index is -0.561. The van der Waals surface area contributed by atoms with Crippen molar-refractivity contribution >= 4 is 22.5 Å². The smallest absolute Gasteiger partial charge is 0.270 e. The van der Waals surface area contributed by atoms with Gasteiger partial charge in [-0.25, -0.2) is 4.98 Å². The van der Waals surface area contributed by atoms with Crippen LogP contribution in [-0.2, 0) is 11.3 Å². The maximum absolute atomic E-state index is 12.7. The van der Waals surface area contributed by atoms with E-state index in [0.717, 1.165) is 0 Å². The lowest BCUT2D eigenvalue weighted by atomic mass is 10.1. The van der Waals surface area contributed by atoms with Crippen molar-refractivity contribution in [2.45, 2.75) is 34.2 Å². The van der Waals surface area contributed by atoms with E-state index in [1.807, 2.05) is 27.7 Å². The summed E-state index contributed by atoms with van der Waals surface area (Å²) in [5, 5.41) is 11.1. The third kappa shape index (κ3) is 4.65. The molecule has 0 saturated heterocycles. The summed E-state index contributed by atoms with van der Waals surface area (Å²) in [4.78, 5) is 41.6.